The van der Waals surface area contributed by atoms with Crippen LogP contribution in [0, 0.1) is 17.3 Å². The number of amides is 1. The quantitative estimate of drug-likeness (QED) is 0.227. The monoisotopic (exact) mass is 514 g/mol. The minimum absolute atomic E-state index is 0.209. The van der Waals surface area contributed by atoms with Gasteiger partial charge < -0.3 is 5.32 Å². The van der Waals surface area contributed by atoms with E-state index in [9.17, 15) is 4.79 Å². The molecule has 0 radical (unpaired) electrons. The Morgan fingerprint density at radius 2 is 1.19 bits per heavy atom. The van der Waals surface area contributed by atoms with E-state index in [-0.39, 0.29) is 11.8 Å². The molecule has 1 fully saturated rings. The first-order valence-corrected chi connectivity index (χ1v) is 16.2. The maximum absolute atomic E-state index is 12.9. The molecule has 37 heavy (non-hydrogen) atoms. The number of benzene rings is 3. The van der Waals surface area contributed by atoms with Crippen molar-refractivity contribution in [3.63, 3.8) is 0 Å². The van der Waals surface area contributed by atoms with Crippen LogP contribution in [0.3, 0.4) is 0 Å². The van der Waals surface area contributed by atoms with Gasteiger partial charge in [-0.05, 0) is 92.7 Å². The summed E-state index contributed by atoms with van der Waals surface area (Å²) in [5.41, 5.74) is 0.386. The Hall–Kier alpha value is -2.44. The molecule has 0 spiro atoms. The average Bonchev–Trinajstić information content (AvgIpc) is 2.92. The Morgan fingerprint density at radius 3 is 1.62 bits per heavy atom. The van der Waals surface area contributed by atoms with Gasteiger partial charge in [0.05, 0.1) is 6.16 Å². The summed E-state index contributed by atoms with van der Waals surface area (Å²) in [4.78, 5) is 12.9. The average molecular weight is 515 g/mol. The number of unbranched alkanes of at least 4 members (excludes halogenated alkanes) is 1. The molecular weight excluding hydrogens is 469 g/mol. The van der Waals surface area contributed by atoms with Crippen LogP contribution in [0.15, 0.2) is 91.0 Å². The first-order valence-electron chi connectivity index (χ1n) is 14.2. The molecule has 0 bridgehead atoms. The molecular formula is C34H45NOP+. The van der Waals surface area contributed by atoms with Crippen LogP contribution in [0.1, 0.15) is 65.7 Å². The van der Waals surface area contributed by atoms with E-state index in [1.165, 1.54) is 35.2 Å². The van der Waals surface area contributed by atoms with Crippen LogP contribution in [0.2, 0.25) is 0 Å². The van der Waals surface area contributed by atoms with Crippen molar-refractivity contribution in [2.45, 2.75) is 65.7 Å². The molecule has 0 aromatic heterocycles. The molecule has 0 unspecified atom stereocenters. The van der Waals surface area contributed by atoms with Gasteiger partial charge in [0.15, 0.2) is 0 Å². The molecule has 0 atom stereocenters. The SMILES string of the molecule is CC(C)(C)CC1CCC(C(=O)NCCCC[P+](c2ccccc2)(c2ccccc2)c2ccccc2)CC1. The highest BCUT2D eigenvalue weighted by Crippen LogP contribution is 2.55. The highest BCUT2D eigenvalue weighted by Gasteiger charge is 2.44. The van der Waals surface area contributed by atoms with Crippen LogP contribution in [-0.4, -0.2) is 18.6 Å². The summed E-state index contributed by atoms with van der Waals surface area (Å²) in [5, 5.41) is 7.60. The van der Waals surface area contributed by atoms with Gasteiger partial charge in [0.2, 0.25) is 5.91 Å². The Bertz CT molecular complexity index is 986. The van der Waals surface area contributed by atoms with E-state index in [1.807, 2.05) is 0 Å². The lowest BCUT2D eigenvalue weighted by atomic mass is 9.74. The minimum Gasteiger partial charge on any atom is -0.356 e. The van der Waals surface area contributed by atoms with Crippen LogP contribution >= 0.6 is 7.26 Å². The topological polar surface area (TPSA) is 29.1 Å². The van der Waals surface area contributed by atoms with Crippen LogP contribution in [0.5, 0.6) is 0 Å². The second-order valence-corrected chi connectivity index (χ2v) is 15.6. The van der Waals surface area contributed by atoms with E-state index in [4.69, 9.17) is 0 Å². The normalized spacial score (nSPS) is 18.4. The van der Waals surface area contributed by atoms with Crippen molar-refractivity contribution in [1.29, 1.82) is 0 Å². The van der Waals surface area contributed by atoms with Crippen molar-refractivity contribution in [1.82, 2.24) is 5.32 Å². The summed E-state index contributed by atoms with van der Waals surface area (Å²) in [6, 6.07) is 33.2. The molecule has 4 rings (SSSR count). The van der Waals surface area contributed by atoms with Gasteiger partial charge in [0.25, 0.3) is 0 Å². The standard InChI is InChI=1S/C34H44NOP/c1-34(2,3)27-28-21-23-29(24-22-28)33(36)35-25-13-14-26-37(30-15-7-4-8-16-30,31-17-9-5-10-18-31)32-19-11-6-12-20-32/h4-12,15-20,28-29H,13-14,21-27H2,1-3H3/p+1. The van der Waals surface area contributed by atoms with Crippen molar-refractivity contribution in [2.75, 3.05) is 12.7 Å². The smallest absolute Gasteiger partial charge is 0.223 e. The van der Waals surface area contributed by atoms with Gasteiger partial charge in [-0.25, -0.2) is 0 Å². The van der Waals surface area contributed by atoms with Crippen molar-refractivity contribution >= 4 is 29.1 Å². The first kappa shape index (κ1) is 27.6. The van der Waals surface area contributed by atoms with Crippen molar-refractivity contribution in [3.05, 3.63) is 91.0 Å². The first-order chi connectivity index (χ1) is 17.9. The maximum atomic E-state index is 12.9. The van der Waals surface area contributed by atoms with E-state index >= 15 is 0 Å². The number of carbonyl (C=O) groups is 1. The molecule has 1 saturated carbocycles. The predicted octanol–water partition coefficient (Wildman–Crippen LogP) is 7.12. The number of hydrogen-bond acceptors (Lipinski definition) is 1. The van der Waals surface area contributed by atoms with Gasteiger partial charge in [0.1, 0.15) is 23.2 Å². The zero-order chi connectivity index (χ0) is 26.1. The number of carbonyl (C=O) groups excluding carboxylic acids is 1. The van der Waals surface area contributed by atoms with Crippen LogP contribution < -0.4 is 21.2 Å². The van der Waals surface area contributed by atoms with E-state index < -0.39 is 7.26 Å². The van der Waals surface area contributed by atoms with E-state index in [2.05, 4.69) is 117 Å². The molecule has 3 aromatic carbocycles. The lowest BCUT2D eigenvalue weighted by molar-refractivity contribution is -0.126. The molecule has 196 valence electrons. The maximum Gasteiger partial charge on any atom is 0.223 e. The predicted molar refractivity (Wildman–Crippen MR) is 162 cm³/mol. The summed E-state index contributed by atoms with van der Waals surface area (Å²) in [6.45, 7) is 7.77. The third kappa shape index (κ3) is 7.32. The molecule has 3 heteroatoms. The molecule has 1 amide bonds. The van der Waals surface area contributed by atoms with Crippen molar-refractivity contribution in [3.8, 4) is 0 Å². The fourth-order valence-electron chi connectivity index (χ4n) is 6.21. The zero-order valence-corrected chi connectivity index (χ0v) is 23.9. The molecule has 0 heterocycles. The van der Waals surface area contributed by atoms with Gasteiger partial charge in [-0.15, -0.1) is 0 Å². The third-order valence-corrected chi connectivity index (χ3v) is 12.5. The lowest BCUT2D eigenvalue weighted by Gasteiger charge is -2.32. The van der Waals surface area contributed by atoms with E-state index in [0.717, 1.165) is 44.3 Å². The lowest BCUT2D eigenvalue weighted by Crippen LogP contribution is -2.35. The fourth-order valence-corrected chi connectivity index (χ4v) is 10.6. The van der Waals surface area contributed by atoms with Crippen molar-refractivity contribution in [2.24, 2.45) is 17.3 Å². The Morgan fingerprint density at radius 1 is 0.730 bits per heavy atom. The van der Waals surface area contributed by atoms with Crippen LogP contribution in [0.25, 0.3) is 0 Å². The van der Waals surface area contributed by atoms with Gasteiger partial charge in [0, 0.05) is 12.5 Å². The Balaban J connectivity index is 1.38. The number of nitrogens with one attached hydrogen (secondary N) is 1. The number of hydrogen-bond donors (Lipinski definition) is 1. The molecule has 3 aromatic rings. The second-order valence-electron chi connectivity index (χ2n) is 12.0. The molecule has 0 aliphatic heterocycles. The summed E-state index contributed by atoms with van der Waals surface area (Å²) in [6.07, 6.45) is 9.00. The van der Waals surface area contributed by atoms with Crippen molar-refractivity contribution < 1.29 is 4.79 Å². The Labute approximate surface area is 225 Å². The third-order valence-electron chi connectivity index (χ3n) is 7.93. The highest BCUT2D eigenvalue weighted by molar-refractivity contribution is 7.95. The van der Waals surface area contributed by atoms with Crippen LogP contribution in [-0.2, 0) is 4.79 Å². The zero-order valence-electron chi connectivity index (χ0n) is 23.0. The highest BCUT2D eigenvalue weighted by atomic mass is 31.2. The van der Waals surface area contributed by atoms with E-state index in [0.29, 0.717) is 5.41 Å². The summed E-state index contributed by atoms with van der Waals surface area (Å²) in [5.74, 6) is 1.28. The van der Waals surface area contributed by atoms with Gasteiger partial charge in [-0.2, -0.15) is 0 Å². The van der Waals surface area contributed by atoms with Crippen LogP contribution in [0.4, 0.5) is 0 Å². The minimum atomic E-state index is -1.78. The molecule has 0 saturated heterocycles. The van der Waals surface area contributed by atoms with E-state index in [1.54, 1.807) is 0 Å². The van der Waals surface area contributed by atoms with Gasteiger partial charge >= 0.3 is 0 Å². The molecule has 1 N–H and O–H groups in total. The largest absolute Gasteiger partial charge is 0.356 e. The molecule has 1 aliphatic carbocycles. The fraction of sp³-hybridized carbons (Fsp3) is 0.441. The van der Waals surface area contributed by atoms with Gasteiger partial charge in [-0.1, -0.05) is 75.4 Å². The molecule has 2 nitrogen and oxygen atoms in total. The number of rotatable bonds is 10. The summed E-state index contributed by atoms with van der Waals surface area (Å²) >= 11 is 0. The second kappa shape index (κ2) is 12.9. The van der Waals surface area contributed by atoms with Gasteiger partial charge in [-0.3, -0.25) is 4.79 Å². The molecule has 1 aliphatic rings. The summed E-state index contributed by atoms with van der Waals surface area (Å²) < 4.78 is 0. The Kier molecular flexibility index (Phi) is 9.60. The summed E-state index contributed by atoms with van der Waals surface area (Å²) in [7, 11) is -1.78.